The second-order valence-corrected chi connectivity index (χ2v) is 10.5. The third-order valence-corrected chi connectivity index (χ3v) is 8.45. The smallest absolute Gasteiger partial charge is 0.203 e. The maximum atomic E-state index is 5.65. The van der Waals surface area contributed by atoms with Gasteiger partial charge in [0.1, 0.15) is 6.61 Å². The van der Waals surface area contributed by atoms with E-state index >= 15 is 0 Å². The van der Waals surface area contributed by atoms with Crippen molar-refractivity contribution in [1.82, 2.24) is 0 Å². The normalized spacial score (nSPS) is 27.2. The SMILES string of the molecule is COc1cc(/C=N\OCC2CC2C2CC2(C)CCC(C)c2cccs2)cc(OC)c1OC. The number of methoxy groups -OCH3 is 3. The summed E-state index contributed by atoms with van der Waals surface area (Å²) in [5.41, 5.74) is 1.38. The van der Waals surface area contributed by atoms with Gasteiger partial charge < -0.3 is 19.0 Å². The maximum Gasteiger partial charge on any atom is 0.203 e. The van der Waals surface area contributed by atoms with Gasteiger partial charge in [-0.05, 0) is 78.3 Å². The molecule has 0 amide bonds. The lowest BCUT2D eigenvalue weighted by molar-refractivity contribution is 0.129. The highest BCUT2D eigenvalue weighted by Gasteiger charge is 2.60. The Kier molecular flexibility index (Phi) is 6.99. The predicted octanol–water partition coefficient (Wildman–Crippen LogP) is 6.37. The molecule has 0 bridgehead atoms. The Morgan fingerprint density at radius 1 is 1.19 bits per heavy atom. The zero-order valence-corrected chi connectivity index (χ0v) is 20.6. The van der Waals surface area contributed by atoms with Crippen molar-refractivity contribution in [2.75, 3.05) is 27.9 Å². The molecular formula is C26H35NO4S. The zero-order chi connectivity index (χ0) is 22.7. The van der Waals surface area contributed by atoms with Crippen molar-refractivity contribution in [3.8, 4) is 17.2 Å². The molecule has 5 unspecified atom stereocenters. The molecule has 174 valence electrons. The molecule has 2 fully saturated rings. The lowest BCUT2D eigenvalue weighted by atomic mass is 9.92. The van der Waals surface area contributed by atoms with Crippen LogP contribution in [0.3, 0.4) is 0 Å². The first-order valence-corrected chi connectivity index (χ1v) is 12.4. The highest BCUT2D eigenvalue weighted by Crippen LogP contribution is 2.67. The number of rotatable bonds is 12. The molecule has 1 aromatic carbocycles. The van der Waals surface area contributed by atoms with E-state index < -0.39 is 0 Å². The number of nitrogens with zero attached hydrogens (tertiary/aromatic N) is 1. The predicted molar refractivity (Wildman–Crippen MR) is 129 cm³/mol. The molecular weight excluding hydrogens is 422 g/mol. The fraction of sp³-hybridized carbons (Fsp3) is 0.577. The van der Waals surface area contributed by atoms with E-state index in [1.165, 1.54) is 30.6 Å². The van der Waals surface area contributed by atoms with Gasteiger partial charge in [-0.25, -0.2) is 0 Å². The van der Waals surface area contributed by atoms with E-state index in [1.54, 1.807) is 27.5 Å². The van der Waals surface area contributed by atoms with Gasteiger partial charge in [-0.2, -0.15) is 0 Å². The van der Waals surface area contributed by atoms with E-state index in [0.29, 0.717) is 41.1 Å². The van der Waals surface area contributed by atoms with E-state index in [0.717, 1.165) is 17.4 Å². The lowest BCUT2D eigenvalue weighted by Crippen LogP contribution is -2.04. The lowest BCUT2D eigenvalue weighted by Gasteiger charge is -2.15. The Hall–Kier alpha value is -2.21. The summed E-state index contributed by atoms with van der Waals surface area (Å²) in [5, 5.41) is 6.38. The van der Waals surface area contributed by atoms with Crippen molar-refractivity contribution >= 4 is 17.6 Å². The van der Waals surface area contributed by atoms with Crippen molar-refractivity contribution in [2.24, 2.45) is 28.3 Å². The van der Waals surface area contributed by atoms with Crippen LogP contribution in [0.2, 0.25) is 0 Å². The molecule has 0 N–H and O–H groups in total. The number of hydrogen-bond acceptors (Lipinski definition) is 6. The van der Waals surface area contributed by atoms with Crippen LogP contribution in [0, 0.1) is 23.2 Å². The minimum Gasteiger partial charge on any atom is -0.493 e. The second kappa shape index (κ2) is 9.74. The van der Waals surface area contributed by atoms with Crippen LogP contribution in [0.25, 0.3) is 0 Å². The Balaban J connectivity index is 1.21. The Labute approximate surface area is 195 Å². The number of benzene rings is 1. The largest absolute Gasteiger partial charge is 0.493 e. The van der Waals surface area contributed by atoms with Crippen LogP contribution in [-0.2, 0) is 4.84 Å². The molecule has 6 heteroatoms. The molecule has 1 heterocycles. The van der Waals surface area contributed by atoms with Crippen molar-refractivity contribution < 1.29 is 19.0 Å². The molecule has 0 spiro atoms. The molecule has 5 atom stereocenters. The first-order chi connectivity index (χ1) is 15.5. The summed E-state index contributed by atoms with van der Waals surface area (Å²) in [6, 6.07) is 8.16. The molecule has 1 aromatic heterocycles. The molecule has 4 rings (SSSR count). The highest BCUT2D eigenvalue weighted by atomic mass is 32.1. The summed E-state index contributed by atoms with van der Waals surface area (Å²) in [4.78, 5) is 7.17. The van der Waals surface area contributed by atoms with Crippen molar-refractivity contribution in [3.05, 3.63) is 40.1 Å². The fourth-order valence-electron chi connectivity index (χ4n) is 5.03. The van der Waals surface area contributed by atoms with Crippen LogP contribution < -0.4 is 14.2 Å². The fourth-order valence-corrected chi connectivity index (χ4v) is 5.85. The molecule has 2 aliphatic rings. The topological polar surface area (TPSA) is 49.3 Å². The van der Waals surface area contributed by atoms with E-state index in [1.807, 2.05) is 23.5 Å². The molecule has 5 nitrogen and oxygen atoms in total. The minimum atomic E-state index is 0.532. The summed E-state index contributed by atoms with van der Waals surface area (Å²) in [6.07, 6.45) is 6.98. The van der Waals surface area contributed by atoms with Crippen molar-refractivity contribution in [2.45, 2.75) is 45.4 Å². The Bertz CT molecular complexity index is 903. The molecule has 2 aromatic rings. The van der Waals surface area contributed by atoms with Gasteiger partial charge in [-0.3, -0.25) is 0 Å². The summed E-state index contributed by atoms with van der Waals surface area (Å²) in [7, 11) is 4.81. The quantitative estimate of drug-likeness (QED) is 0.274. The highest BCUT2D eigenvalue weighted by molar-refractivity contribution is 7.10. The third-order valence-electron chi connectivity index (χ3n) is 7.34. The summed E-state index contributed by atoms with van der Waals surface area (Å²) in [6.45, 7) is 5.55. The van der Waals surface area contributed by atoms with Gasteiger partial charge in [-0.15, -0.1) is 11.3 Å². The van der Waals surface area contributed by atoms with E-state index in [4.69, 9.17) is 19.0 Å². The van der Waals surface area contributed by atoms with Gasteiger partial charge in [-0.1, -0.05) is 25.1 Å². The standard InChI is InChI=1S/C26H35NO4S/c1-17(24-7-6-10-32-24)8-9-26(2)14-21(26)20-13-19(20)16-31-27-15-18-11-22(28-3)25(30-5)23(12-18)29-4/h6-7,10-12,15,17,19-21H,8-9,13-14,16H2,1-5H3/b27-15-. The van der Waals surface area contributed by atoms with E-state index in [-0.39, 0.29) is 0 Å². The third kappa shape index (κ3) is 5.06. The Morgan fingerprint density at radius 2 is 1.94 bits per heavy atom. The van der Waals surface area contributed by atoms with Gasteiger partial charge in [0.25, 0.3) is 0 Å². The summed E-state index contributed by atoms with van der Waals surface area (Å²) >= 11 is 1.89. The molecule has 2 aliphatic carbocycles. The molecule has 32 heavy (non-hydrogen) atoms. The van der Waals surface area contributed by atoms with Crippen LogP contribution in [0.4, 0.5) is 0 Å². The monoisotopic (exact) mass is 457 g/mol. The Morgan fingerprint density at radius 3 is 2.56 bits per heavy atom. The van der Waals surface area contributed by atoms with E-state index in [2.05, 4.69) is 36.5 Å². The number of hydrogen-bond donors (Lipinski definition) is 0. The molecule has 0 radical (unpaired) electrons. The van der Waals surface area contributed by atoms with Gasteiger partial charge >= 0.3 is 0 Å². The minimum absolute atomic E-state index is 0.532. The van der Waals surface area contributed by atoms with Gasteiger partial charge in [0.15, 0.2) is 11.5 Å². The number of oxime groups is 1. The van der Waals surface area contributed by atoms with Gasteiger partial charge in [0.2, 0.25) is 5.75 Å². The molecule has 0 aliphatic heterocycles. The maximum absolute atomic E-state index is 5.65. The van der Waals surface area contributed by atoms with Crippen molar-refractivity contribution in [3.63, 3.8) is 0 Å². The van der Waals surface area contributed by atoms with Crippen LogP contribution in [0.15, 0.2) is 34.8 Å². The van der Waals surface area contributed by atoms with Crippen LogP contribution in [-0.4, -0.2) is 34.2 Å². The summed E-state index contributed by atoms with van der Waals surface area (Å²) in [5.74, 6) is 4.80. The van der Waals surface area contributed by atoms with E-state index in [9.17, 15) is 0 Å². The molecule has 2 saturated carbocycles. The van der Waals surface area contributed by atoms with Crippen LogP contribution >= 0.6 is 11.3 Å². The van der Waals surface area contributed by atoms with Crippen LogP contribution in [0.5, 0.6) is 17.2 Å². The zero-order valence-electron chi connectivity index (χ0n) is 19.8. The number of ether oxygens (including phenoxy) is 3. The van der Waals surface area contributed by atoms with Crippen molar-refractivity contribution in [1.29, 1.82) is 0 Å². The van der Waals surface area contributed by atoms with Gasteiger partial charge in [0.05, 0.1) is 27.5 Å². The van der Waals surface area contributed by atoms with Crippen LogP contribution in [0.1, 0.15) is 55.9 Å². The number of thiophene rings is 1. The average Bonchev–Trinajstić information content (AvgIpc) is 3.64. The average molecular weight is 458 g/mol. The summed E-state index contributed by atoms with van der Waals surface area (Å²) < 4.78 is 16.1. The molecule has 0 saturated heterocycles. The first-order valence-electron chi connectivity index (χ1n) is 11.5. The van der Waals surface area contributed by atoms with Gasteiger partial charge in [0, 0.05) is 10.4 Å². The second-order valence-electron chi connectivity index (χ2n) is 9.57. The first kappa shape index (κ1) is 23.0.